The van der Waals surface area contributed by atoms with Gasteiger partial charge in [0.1, 0.15) is 5.60 Å². The highest BCUT2D eigenvalue weighted by Gasteiger charge is 2.29. The molecule has 0 amide bonds. The zero-order valence-corrected chi connectivity index (χ0v) is 9.83. The Morgan fingerprint density at radius 3 is 3.00 bits per heavy atom. The van der Waals surface area contributed by atoms with Gasteiger partial charge >= 0.3 is 5.97 Å². The quantitative estimate of drug-likeness (QED) is 0.705. The Bertz CT molecular complexity index is 392. The number of esters is 1. The number of hydrogen-bond acceptors (Lipinski definition) is 4. The van der Waals surface area contributed by atoms with Gasteiger partial charge in [0.2, 0.25) is 0 Å². The molecule has 1 aromatic heterocycles. The summed E-state index contributed by atoms with van der Waals surface area (Å²) >= 11 is 0. The fraction of sp³-hybridized carbons (Fsp3) is 0.636. The van der Waals surface area contributed by atoms with Gasteiger partial charge in [-0.15, -0.1) is 0 Å². The topological polar surface area (TPSA) is 67.0 Å². The van der Waals surface area contributed by atoms with E-state index in [1.54, 1.807) is 6.20 Å². The average molecular weight is 223 g/mol. The third-order valence-electron chi connectivity index (χ3n) is 2.45. The number of carbonyl (C=O) groups is 1. The second kappa shape index (κ2) is 3.81. The van der Waals surface area contributed by atoms with E-state index in [2.05, 4.69) is 15.5 Å². The van der Waals surface area contributed by atoms with Crippen LogP contribution in [-0.2, 0) is 16.0 Å². The zero-order valence-electron chi connectivity index (χ0n) is 9.83. The summed E-state index contributed by atoms with van der Waals surface area (Å²) in [5.41, 5.74) is 1.53. The highest BCUT2D eigenvalue weighted by Crippen LogP contribution is 2.24. The predicted octanol–water partition coefficient (Wildman–Crippen LogP) is 1.34. The van der Waals surface area contributed by atoms with Gasteiger partial charge in [0, 0.05) is 13.0 Å². The van der Waals surface area contributed by atoms with Crippen LogP contribution in [0.5, 0.6) is 0 Å². The normalized spacial score (nSPS) is 19.8. The molecule has 1 unspecified atom stereocenters. The van der Waals surface area contributed by atoms with Crippen molar-refractivity contribution in [1.82, 2.24) is 10.2 Å². The van der Waals surface area contributed by atoms with Gasteiger partial charge in [0.05, 0.1) is 23.5 Å². The first-order valence-electron chi connectivity index (χ1n) is 5.45. The van der Waals surface area contributed by atoms with Crippen molar-refractivity contribution in [2.75, 3.05) is 11.9 Å². The molecule has 2 heterocycles. The second-order valence-electron chi connectivity index (χ2n) is 5.08. The van der Waals surface area contributed by atoms with Crippen LogP contribution in [0, 0.1) is 5.92 Å². The molecule has 0 radical (unpaired) electrons. The van der Waals surface area contributed by atoms with Gasteiger partial charge in [-0.2, -0.15) is 5.10 Å². The van der Waals surface area contributed by atoms with Crippen LogP contribution in [0.3, 0.4) is 0 Å². The van der Waals surface area contributed by atoms with E-state index in [-0.39, 0.29) is 11.9 Å². The fourth-order valence-electron chi connectivity index (χ4n) is 1.72. The van der Waals surface area contributed by atoms with Crippen LogP contribution in [0.2, 0.25) is 0 Å². The summed E-state index contributed by atoms with van der Waals surface area (Å²) in [6, 6.07) is 0. The molecule has 0 spiro atoms. The minimum atomic E-state index is -0.425. The molecule has 0 saturated carbocycles. The maximum absolute atomic E-state index is 11.8. The molecule has 0 fully saturated rings. The van der Waals surface area contributed by atoms with Crippen LogP contribution in [0.25, 0.3) is 0 Å². The van der Waals surface area contributed by atoms with Crippen molar-refractivity contribution in [2.45, 2.75) is 32.8 Å². The monoisotopic (exact) mass is 223 g/mol. The Morgan fingerprint density at radius 1 is 1.56 bits per heavy atom. The average Bonchev–Trinajstić information content (AvgIpc) is 2.61. The number of carbonyl (C=O) groups excluding carboxylic acids is 1. The summed E-state index contributed by atoms with van der Waals surface area (Å²) in [6.45, 7) is 6.25. The number of aromatic amines is 1. The molecule has 2 rings (SSSR count). The van der Waals surface area contributed by atoms with E-state index in [4.69, 9.17) is 4.74 Å². The fourth-order valence-corrected chi connectivity index (χ4v) is 1.72. The first kappa shape index (κ1) is 11.0. The SMILES string of the molecule is CC(C)(C)OC(=O)C1CNc2cn[nH]c2C1. The van der Waals surface area contributed by atoms with Crippen molar-refractivity contribution < 1.29 is 9.53 Å². The van der Waals surface area contributed by atoms with Gasteiger partial charge in [0.25, 0.3) is 0 Å². The lowest BCUT2D eigenvalue weighted by Gasteiger charge is -2.26. The number of nitrogens with one attached hydrogen (secondary N) is 2. The lowest BCUT2D eigenvalue weighted by Crippen LogP contribution is -2.35. The summed E-state index contributed by atoms with van der Waals surface area (Å²) in [7, 11) is 0. The zero-order chi connectivity index (χ0) is 11.8. The number of hydrogen-bond donors (Lipinski definition) is 2. The molecule has 0 saturated heterocycles. The van der Waals surface area contributed by atoms with Gasteiger partial charge in [-0.05, 0) is 20.8 Å². The van der Waals surface area contributed by atoms with Crippen LogP contribution < -0.4 is 5.32 Å². The summed E-state index contributed by atoms with van der Waals surface area (Å²) in [5, 5.41) is 9.98. The van der Waals surface area contributed by atoms with E-state index in [1.807, 2.05) is 20.8 Å². The third kappa shape index (κ3) is 2.35. The molecule has 5 nitrogen and oxygen atoms in total. The van der Waals surface area contributed by atoms with Crippen LogP contribution in [0.15, 0.2) is 6.20 Å². The van der Waals surface area contributed by atoms with Gasteiger partial charge in [0.15, 0.2) is 0 Å². The molecule has 1 atom stereocenters. The summed E-state index contributed by atoms with van der Waals surface area (Å²) in [6.07, 6.45) is 2.40. The third-order valence-corrected chi connectivity index (χ3v) is 2.45. The van der Waals surface area contributed by atoms with Crippen molar-refractivity contribution in [1.29, 1.82) is 0 Å². The lowest BCUT2D eigenvalue weighted by molar-refractivity contribution is -0.159. The molecule has 1 aliphatic rings. The first-order valence-corrected chi connectivity index (χ1v) is 5.45. The number of rotatable bonds is 1. The van der Waals surface area contributed by atoms with Gasteiger partial charge in [-0.3, -0.25) is 9.89 Å². The van der Waals surface area contributed by atoms with E-state index in [0.29, 0.717) is 13.0 Å². The molecule has 0 bridgehead atoms. The standard InChI is InChI=1S/C11H17N3O2/c1-11(2,3)16-10(15)7-4-8-9(12-5-7)6-13-14-8/h6-7,12H,4-5H2,1-3H3,(H,13,14). The Hall–Kier alpha value is -1.52. The van der Waals surface area contributed by atoms with Gasteiger partial charge < -0.3 is 10.1 Å². The van der Waals surface area contributed by atoms with Crippen molar-refractivity contribution in [2.24, 2.45) is 5.92 Å². The highest BCUT2D eigenvalue weighted by atomic mass is 16.6. The lowest BCUT2D eigenvalue weighted by atomic mass is 9.99. The molecule has 2 N–H and O–H groups in total. The first-order chi connectivity index (χ1) is 7.46. The highest BCUT2D eigenvalue weighted by molar-refractivity contribution is 5.75. The molecule has 0 aromatic carbocycles. The maximum atomic E-state index is 11.8. The van der Waals surface area contributed by atoms with Crippen molar-refractivity contribution in [3.63, 3.8) is 0 Å². The number of aromatic nitrogens is 2. The van der Waals surface area contributed by atoms with Crippen LogP contribution in [0.1, 0.15) is 26.5 Å². The van der Waals surface area contributed by atoms with E-state index >= 15 is 0 Å². The van der Waals surface area contributed by atoms with E-state index < -0.39 is 5.60 Å². The largest absolute Gasteiger partial charge is 0.460 e. The summed E-state index contributed by atoms with van der Waals surface area (Å²) in [4.78, 5) is 11.8. The van der Waals surface area contributed by atoms with Crippen molar-refractivity contribution in [3.8, 4) is 0 Å². The van der Waals surface area contributed by atoms with Crippen LogP contribution >= 0.6 is 0 Å². The van der Waals surface area contributed by atoms with Crippen molar-refractivity contribution >= 4 is 11.7 Å². The molecular formula is C11H17N3O2. The second-order valence-corrected chi connectivity index (χ2v) is 5.08. The van der Waals surface area contributed by atoms with E-state index in [1.165, 1.54) is 0 Å². The molecule has 1 aliphatic heterocycles. The summed E-state index contributed by atoms with van der Waals surface area (Å²) in [5.74, 6) is -0.285. The number of H-pyrrole nitrogens is 1. The minimum Gasteiger partial charge on any atom is -0.460 e. The molecule has 5 heteroatoms. The maximum Gasteiger partial charge on any atom is 0.311 e. The Labute approximate surface area is 94.6 Å². The molecule has 0 aliphatic carbocycles. The van der Waals surface area contributed by atoms with Crippen LogP contribution in [0.4, 0.5) is 5.69 Å². The van der Waals surface area contributed by atoms with Gasteiger partial charge in [-0.25, -0.2) is 0 Å². The molecular weight excluding hydrogens is 206 g/mol. The smallest absolute Gasteiger partial charge is 0.311 e. The van der Waals surface area contributed by atoms with Crippen LogP contribution in [-0.4, -0.2) is 28.3 Å². The number of anilines is 1. The predicted molar refractivity (Wildman–Crippen MR) is 60.1 cm³/mol. The Balaban J connectivity index is 2.01. The van der Waals surface area contributed by atoms with Gasteiger partial charge in [-0.1, -0.05) is 0 Å². The van der Waals surface area contributed by atoms with E-state index in [0.717, 1.165) is 11.4 Å². The number of nitrogens with zero attached hydrogens (tertiary/aromatic N) is 1. The molecule has 1 aromatic rings. The molecule has 88 valence electrons. The van der Waals surface area contributed by atoms with E-state index in [9.17, 15) is 4.79 Å². The summed E-state index contributed by atoms with van der Waals surface area (Å²) < 4.78 is 5.36. The number of fused-ring (bicyclic) bond motifs is 1. The minimum absolute atomic E-state index is 0.132. The molecule has 16 heavy (non-hydrogen) atoms. The van der Waals surface area contributed by atoms with Crippen molar-refractivity contribution in [3.05, 3.63) is 11.9 Å². The Kier molecular flexibility index (Phi) is 2.61. The number of ether oxygens (including phenoxy) is 1. The Morgan fingerprint density at radius 2 is 2.31 bits per heavy atom.